The van der Waals surface area contributed by atoms with Crippen molar-refractivity contribution < 1.29 is 9.59 Å². The third-order valence-electron chi connectivity index (χ3n) is 3.23. The van der Waals surface area contributed by atoms with Gasteiger partial charge in [0.1, 0.15) is 0 Å². The molecule has 0 unspecified atom stereocenters. The standard InChI is InChI=1S/C12H18IN5O2/c1-18-7-9(13)10(17-18)11(19)15-16-12(20)14-8-5-3-2-4-6-8/h7-8H,2-6H2,1H3,(H,15,19)(H2,14,16,20). The normalized spacial score (nSPS) is 15.7. The third kappa shape index (κ3) is 4.09. The van der Waals surface area contributed by atoms with Crippen molar-refractivity contribution in [1.29, 1.82) is 0 Å². The molecule has 1 aromatic heterocycles. The second-order valence-corrected chi connectivity index (χ2v) is 6.05. The average Bonchev–Trinajstić information content (AvgIpc) is 2.76. The van der Waals surface area contributed by atoms with E-state index in [2.05, 4.69) is 21.3 Å². The van der Waals surface area contributed by atoms with Crippen LogP contribution in [0.25, 0.3) is 0 Å². The molecular weight excluding hydrogens is 373 g/mol. The Labute approximate surface area is 131 Å². The number of halogens is 1. The van der Waals surface area contributed by atoms with Gasteiger partial charge in [0.2, 0.25) is 0 Å². The molecule has 20 heavy (non-hydrogen) atoms. The van der Waals surface area contributed by atoms with Crippen LogP contribution in [0, 0.1) is 3.57 Å². The minimum absolute atomic E-state index is 0.204. The van der Waals surface area contributed by atoms with E-state index in [1.54, 1.807) is 17.9 Å². The van der Waals surface area contributed by atoms with E-state index in [9.17, 15) is 9.59 Å². The second-order valence-electron chi connectivity index (χ2n) is 4.89. The zero-order chi connectivity index (χ0) is 14.5. The van der Waals surface area contributed by atoms with E-state index in [4.69, 9.17) is 0 Å². The van der Waals surface area contributed by atoms with Crippen molar-refractivity contribution in [2.75, 3.05) is 0 Å². The van der Waals surface area contributed by atoms with Crippen molar-refractivity contribution in [3.8, 4) is 0 Å². The van der Waals surface area contributed by atoms with Crippen LogP contribution in [0.2, 0.25) is 0 Å². The van der Waals surface area contributed by atoms with Gasteiger partial charge < -0.3 is 5.32 Å². The van der Waals surface area contributed by atoms with Crippen LogP contribution in [0.1, 0.15) is 42.6 Å². The van der Waals surface area contributed by atoms with Crippen molar-refractivity contribution in [2.45, 2.75) is 38.1 Å². The first-order chi connectivity index (χ1) is 9.56. The van der Waals surface area contributed by atoms with Gasteiger partial charge in [-0.15, -0.1) is 0 Å². The SMILES string of the molecule is Cn1cc(I)c(C(=O)NNC(=O)NC2CCCCC2)n1. The number of amides is 3. The van der Waals surface area contributed by atoms with Crippen LogP contribution in [0.15, 0.2) is 6.20 Å². The maximum atomic E-state index is 11.8. The van der Waals surface area contributed by atoms with E-state index in [0.717, 1.165) is 29.3 Å². The van der Waals surface area contributed by atoms with E-state index in [0.29, 0.717) is 5.69 Å². The molecule has 0 spiro atoms. The first-order valence-corrected chi connectivity index (χ1v) is 7.70. The van der Waals surface area contributed by atoms with Crippen LogP contribution in [-0.2, 0) is 7.05 Å². The highest BCUT2D eigenvalue weighted by molar-refractivity contribution is 14.1. The quantitative estimate of drug-likeness (QED) is 0.525. The fourth-order valence-corrected chi connectivity index (χ4v) is 3.01. The van der Waals surface area contributed by atoms with Gasteiger partial charge in [0.15, 0.2) is 5.69 Å². The molecule has 3 N–H and O–H groups in total. The van der Waals surface area contributed by atoms with Crippen molar-refractivity contribution in [3.05, 3.63) is 15.5 Å². The van der Waals surface area contributed by atoms with Gasteiger partial charge in [-0.05, 0) is 35.4 Å². The van der Waals surface area contributed by atoms with Gasteiger partial charge in [0.05, 0.1) is 3.57 Å². The van der Waals surface area contributed by atoms with E-state index in [1.165, 1.54) is 6.42 Å². The number of hydrazine groups is 1. The van der Waals surface area contributed by atoms with Gasteiger partial charge in [0, 0.05) is 19.3 Å². The molecule has 1 aliphatic rings. The minimum atomic E-state index is -0.422. The van der Waals surface area contributed by atoms with Crippen LogP contribution in [0.4, 0.5) is 4.79 Å². The number of hydrogen-bond donors (Lipinski definition) is 3. The maximum Gasteiger partial charge on any atom is 0.333 e. The van der Waals surface area contributed by atoms with Crippen LogP contribution in [0.3, 0.4) is 0 Å². The highest BCUT2D eigenvalue weighted by Gasteiger charge is 2.17. The number of rotatable bonds is 2. The Hall–Kier alpha value is -1.32. The van der Waals surface area contributed by atoms with Crippen molar-refractivity contribution in [3.63, 3.8) is 0 Å². The molecule has 0 saturated heterocycles. The molecule has 0 aliphatic heterocycles. The number of carbonyl (C=O) groups is 2. The fraction of sp³-hybridized carbons (Fsp3) is 0.583. The number of nitrogens with zero attached hydrogens (tertiary/aromatic N) is 2. The predicted molar refractivity (Wildman–Crippen MR) is 81.9 cm³/mol. The Kier molecular flexibility index (Phi) is 5.21. The third-order valence-corrected chi connectivity index (χ3v) is 4.02. The molecule has 1 fully saturated rings. The summed E-state index contributed by atoms with van der Waals surface area (Å²) in [6.07, 6.45) is 7.25. The molecule has 1 saturated carbocycles. The summed E-state index contributed by atoms with van der Waals surface area (Å²) in [7, 11) is 1.74. The monoisotopic (exact) mass is 391 g/mol. The molecule has 0 bridgehead atoms. The fourth-order valence-electron chi connectivity index (χ4n) is 2.25. The number of urea groups is 1. The lowest BCUT2D eigenvalue weighted by molar-refractivity contribution is 0.0929. The number of nitrogens with one attached hydrogen (secondary N) is 3. The summed E-state index contributed by atoms with van der Waals surface area (Å²) in [5.74, 6) is -0.422. The molecule has 110 valence electrons. The molecule has 2 rings (SSSR count). The van der Waals surface area contributed by atoms with Gasteiger partial charge in [-0.25, -0.2) is 10.2 Å². The van der Waals surface area contributed by atoms with Crippen LogP contribution < -0.4 is 16.2 Å². The highest BCUT2D eigenvalue weighted by Crippen LogP contribution is 2.17. The molecule has 1 aromatic rings. The molecule has 0 radical (unpaired) electrons. The van der Waals surface area contributed by atoms with Gasteiger partial charge in [-0.1, -0.05) is 19.3 Å². The number of aryl methyl sites for hydroxylation is 1. The van der Waals surface area contributed by atoms with Crippen molar-refractivity contribution in [1.82, 2.24) is 25.9 Å². The second kappa shape index (κ2) is 6.91. The van der Waals surface area contributed by atoms with E-state index >= 15 is 0 Å². The Balaban J connectivity index is 1.78. The molecular formula is C12H18IN5O2. The zero-order valence-corrected chi connectivity index (χ0v) is 13.4. The van der Waals surface area contributed by atoms with Crippen molar-refractivity contribution >= 4 is 34.5 Å². The average molecular weight is 391 g/mol. The lowest BCUT2D eigenvalue weighted by atomic mass is 9.96. The summed E-state index contributed by atoms with van der Waals surface area (Å²) in [6.45, 7) is 0. The molecule has 7 nitrogen and oxygen atoms in total. The molecule has 1 heterocycles. The topological polar surface area (TPSA) is 88.0 Å². The van der Waals surface area contributed by atoms with E-state index < -0.39 is 5.91 Å². The first-order valence-electron chi connectivity index (χ1n) is 6.62. The summed E-state index contributed by atoms with van der Waals surface area (Å²) < 4.78 is 2.29. The largest absolute Gasteiger partial charge is 0.334 e. The first kappa shape index (κ1) is 15.1. The lowest BCUT2D eigenvalue weighted by Gasteiger charge is -2.22. The molecule has 0 aromatic carbocycles. The minimum Gasteiger partial charge on any atom is -0.334 e. The van der Waals surface area contributed by atoms with Crippen LogP contribution in [0.5, 0.6) is 0 Å². The number of carbonyl (C=O) groups excluding carboxylic acids is 2. The molecule has 8 heteroatoms. The Bertz CT molecular complexity index is 496. The summed E-state index contributed by atoms with van der Waals surface area (Å²) in [5, 5.41) is 6.88. The number of aromatic nitrogens is 2. The summed E-state index contributed by atoms with van der Waals surface area (Å²) in [6, 6.07) is -0.174. The zero-order valence-electron chi connectivity index (χ0n) is 11.3. The summed E-state index contributed by atoms with van der Waals surface area (Å²) >= 11 is 2.03. The van der Waals surface area contributed by atoms with Crippen LogP contribution >= 0.6 is 22.6 Å². The predicted octanol–water partition coefficient (Wildman–Crippen LogP) is 1.30. The number of hydrogen-bond acceptors (Lipinski definition) is 3. The lowest BCUT2D eigenvalue weighted by Crippen LogP contribution is -2.50. The molecule has 3 amide bonds. The highest BCUT2D eigenvalue weighted by atomic mass is 127. The molecule has 1 aliphatic carbocycles. The maximum absolute atomic E-state index is 11.8. The Morgan fingerprint density at radius 3 is 2.60 bits per heavy atom. The van der Waals surface area contributed by atoms with Crippen LogP contribution in [-0.4, -0.2) is 27.8 Å². The summed E-state index contributed by atoms with van der Waals surface area (Å²) in [4.78, 5) is 23.5. The van der Waals surface area contributed by atoms with Gasteiger partial charge in [0.25, 0.3) is 5.91 Å². The van der Waals surface area contributed by atoms with Gasteiger partial charge in [-0.2, -0.15) is 5.10 Å². The van der Waals surface area contributed by atoms with E-state index in [-0.39, 0.29) is 12.1 Å². The van der Waals surface area contributed by atoms with Crippen molar-refractivity contribution in [2.24, 2.45) is 7.05 Å². The smallest absolute Gasteiger partial charge is 0.333 e. The van der Waals surface area contributed by atoms with E-state index in [1.807, 2.05) is 22.6 Å². The molecule has 0 atom stereocenters. The van der Waals surface area contributed by atoms with Gasteiger partial charge in [-0.3, -0.25) is 14.9 Å². The Morgan fingerprint density at radius 2 is 2.00 bits per heavy atom. The van der Waals surface area contributed by atoms with Gasteiger partial charge >= 0.3 is 6.03 Å². The Morgan fingerprint density at radius 1 is 1.30 bits per heavy atom. The summed E-state index contributed by atoms with van der Waals surface area (Å²) in [5.41, 5.74) is 5.02.